The van der Waals surface area contributed by atoms with Crippen molar-refractivity contribution in [2.45, 2.75) is 26.3 Å². The third-order valence-electron chi connectivity index (χ3n) is 4.08. The third-order valence-corrected chi connectivity index (χ3v) is 4.98. The second-order valence-electron chi connectivity index (χ2n) is 5.93. The van der Waals surface area contributed by atoms with Crippen molar-refractivity contribution in [1.82, 2.24) is 20.1 Å². The summed E-state index contributed by atoms with van der Waals surface area (Å²) in [6.07, 6.45) is 2.38. The van der Waals surface area contributed by atoms with Crippen LogP contribution in [0.25, 0.3) is 5.69 Å². The molecule has 0 radical (unpaired) electrons. The minimum Gasteiger partial charge on any atom is -0.344 e. The molecule has 3 N–H and O–H groups in total. The van der Waals surface area contributed by atoms with Crippen LogP contribution in [0.5, 0.6) is 0 Å². The normalized spacial score (nSPS) is 11.7. The number of carbonyl (C=O) groups is 1. The van der Waals surface area contributed by atoms with Gasteiger partial charge in [-0.25, -0.2) is 14.1 Å². The summed E-state index contributed by atoms with van der Waals surface area (Å²) >= 11 is 1.43. The van der Waals surface area contributed by atoms with Crippen LogP contribution in [-0.2, 0) is 6.42 Å². The van der Waals surface area contributed by atoms with Gasteiger partial charge in [0.1, 0.15) is 11.5 Å². The Bertz CT molecular complexity index is 909. The maximum Gasteiger partial charge on any atom is 0.271 e. The summed E-state index contributed by atoms with van der Waals surface area (Å²) in [5.41, 5.74) is 8.44. The van der Waals surface area contributed by atoms with Crippen LogP contribution in [0.1, 0.15) is 39.7 Å². The lowest BCUT2D eigenvalue weighted by Gasteiger charge is -2.13. The Hall–Kier alpha value is -2.29. The van der Waals surface area contributed by atoms with Crippen molar-refractivity contribution in [1.29, 1.82) is 0 Å². The molecule has 1 aromatic carbocycles. The van der Waals surface area contributed by atoms with Crippen LogP contribution in [0.15, 0.2) is 35.8 Å². The standard InChI is InChI=1S/C18H20FN5OS.ClH/c1-11(22-18(25)16-10-26-17(23-16)7-8-20)15-9-21-24(12(15)2)14-5-3-13(19)4-6-14;/h3-6,9-11H,7-8,20H2,1-2H3,(H,22,25);1H. The van der Waals surface area contributed by atoms with E-state index in [-0.39, 0.29) is 30.2 Å². The summed E-state index contributed by atoms with van der Waals surface area (Å²) in [4.78, 5) is 16.7. The molecule has 2 aromatic heterocycles. The van der Waals surface area contributed by atoms with Crippen molar-refractivity contribution >= 4 is 29.7 Å². The molecule has 3 rings (SSSR count). The van der Waals surface area contributed by atoms with E-state index in [0.29, 0.717) is 18.7 Å². The highest BCUT2D eigenvalue weighted by Crippen LogP contribution is 2.21. The van der Waals surface area contributed by atoms with Crippen LogP contribution < -0.4 is 11.1 Å². The van der Waals surface area contributed by atoms with Gasteiger partial charge < -0.3 is 11.1 Å². The molecule has 0 fully saturated rings. The van der Waals surface area contributed by atoms with Gasteiger partial charge in [0.05, 0.1) is 22.9 Å². The van der Waals surface area contributed by atoms with E-state index in [4.69, 9.17) is 5.73 Å². The summed E-state index contributed by atoms with van der Waals surface area (Å²) in [6.45, 7) is 4.31. The summed E-state index contributed by atoms with van der Waals surface area (Å²) in [5, 5.41) is 9.89. The average Bonchev–Trinajstić information content (AvgIpc) is 3.23. The Kier molecular flexibility index (Phi) is 7.06. The molecular weight excluding hydrogens is 389 g/mol. The highest BCUT2D eigenvalue weighted by molar-refractivity contribution is 7.09. The minimum absolute atomic E-state index is 0. The van der Waals surface area contributed by atoms with Crippen LogP contribution in [0.4, 0.5) is 4.39 Å². The first kappa shape index (κ1) is 21.0. The number of hydrogen-bond acceptors (Lipinski definition) is 5. The topological polar surface area (TPSA) is 85.8 Å². The molecule has 0 bridgehead atoms. The lowest BCUT2D eigenvalue weighted by Crippen LogP contribution is -2.27. The summed E-state index contributed by atoms with van der Waals surface area (Å²) in [7, 11) is 0. The number of nitrogens with two attached hydrogens (primary N) is 1. The molecule has 0 aliphatic rings. The van der Waals surface area contributed by atoms with Crippen molar-refractivity contribution in [3.8, 4) is 5.69 Å². The first-order valence-electron chi connectivity index (χ1n) is 8.25. The van der Waals surface area contributed by atoms with E-state index < -0.39 is 0 Å². The molecule has 6 nitrogen and oxygen atoms in total. The SMILES string of the molecule is Cc1c(C(C)NC(=O)c2csc(CCN)n2)cnn1-c1ccc(F)cc1.Cl. The fraction of sp³-hybridized carbons (Fsp3) is 0.278. The van der Waals surface area contributed by atoms with Crippen molar-refractivity contribution in [2.75, 3.05) is 6.54 Å². The quantitative estimate of drug-likeness (QED) is 0.654. The maximum atomic E-state index is 13.1. The van der Waals surface area contributed by atoms with Crippen LogP contribution in [0, 0.1) is 12.7 Å². The number of benzene rings is 1. The molecule has 144 valence electrons. The third kappa shape index (κ3) is 4.71. The first-order valence-corrected chi connectivity index (χ1v) is 9.13. The number of nitrogens with one attached hydrogen (secondary N) is 1. The zero-order valence-electron chi connectivity index (χ0n) is 15.0. The number of amides is 1. The fourth-order valence-corrected chi connectivity index (χ4v) is 3.49. The monoisotopic (exact) mass is 409 g/mol. The zero-order chi connectivity index (χ0) is 18.7. The van der Waals surface area contributed by atoms with Gasteiger partial charge in [-0.2, -0.15) is 5.10 Å². The van der Waals surface area contributed by atoms with Gasteiger partial charge in [0.2, 0.25) is 0 Å². The van der Waals surface area contributed by atoms with Crippen molar-refractivity contribution in [3.63, 3.8) is 0 Å². The highest BCUT2D eigenvalue weighted by Gasteiger charge is 2.18. The van der Waals surface area contributed by atoms with E-state index in [0.717, 1.165) is 22.0 Å². The van der Waals surface area contributed by atoms with Crippen LogP contribution in [-0.4, -0.2) is 27.2 Å². The molecule has 27 heavy (non-hydrogen) atoms. The van der Waals surface area contributed by atoms with Crippen molar-refractivity contribution in [2.24, 2.45) is 5.73 Å². The molecule has 2 heterocycles. The van der Waals surface area contributed by atoms with E-state index in [1.54, 1.807) is 28.4 Å². The Balaban J connectivity index is 0.00000261. The van der Waals surface area contributed by atoms with Gasteiger partial charge in [0.25, 0.3) is 5.91 Å². The molecule has 0 spiro atoms. The predicted molar refractivity (Wildman–Crippen MR) is 106 cm³/mol. The smallest absolute Gasteiger partial charge is 0.271 e. The van der Waals surface area contributed by atoms with Crippen molar-refractivity contribution < 1.29 is 9.18 Å². The zero-order valence-corrected chi connectivity index (χ0v) is 16.6. The summed E-state index contributed by atoms with van der Waals surface area (Å²) in [6, 6.07) is 5.87. The number of hydrogen-bond donors (Lipinski definition) is 2. The molecule has 1 unspecified atom stereocenters. The van der Waals surface area contributed by atoms with Gasteiger partial charge in [-0.15, -0.1) is 23.7 Å². The molecule has 0 aliphatic carbocycles. The molecule has 3 aromatic rings. The number of rotatable bonds is 6. The van der Waals surface area contributed by atoms with Gasteiger partial charge in [-0.05, 0) is 44.7 Å². The number of carbonyl (C=O) groups excluding carboxylic acids is 1. The number of nitrogens with zero attached hydrogens (tertiary/aromatic N) is 3. The molecular formula is C18H21ClFN5OS. The Labute approximate surface area is 167 Å². The molecule has 1 amide bonds. The highest BCUT2D eigenvalue weighted by atomic mass is 35.5. The molecule has 1 atom stereocenters. The Morgan fingerprint density at radius 1 is 1.37 bits per heavy atom. The molecule has 0 saturated heterocycles. The number of aromatic nitrogens is 3. The van der Waals surface area contributed by atoms with Gasteiger partial charge in [0, 0.05) is 23.1 Å². The minimum atomic E-state index is -0.295. The van der Waals surface area contributed by atoms with Gasteiger partial charge >= 0.3 is 0 Å². The van der Waals surface area contributed by atoms with E-state index >= 15 is 0 Å². The average molecular weight is 410 g/mol. The molecule has 0 aliphatic heterocycles. The number of halogens is 2. The molecule has 9 heteroatoms. The van der Waals surface area contributed by atoms with Gasteiger partial charge in [0.15, 0.2) is 0 Å². The predicted octanol–water partition coefficient (Wildman–Crippen LogP) is 3.19. The van der Waals surface area contributed by atoms with Gasteiger partial charge in [-0.3, -0.25) is 4.79 Å². The fourth-order valence-electron chi connectivity index (χ4n) is 2.69. The van der Waals surface area contributed by atoms with Crippen molar-refractivity contribution in [3.05, 3.63) is 63.6 Å². The second-order valence-corrected chi connectivity index (χ2v) is 6.88. The van der Waals surface area contributed by atoms with Gasteiger partial charge in [-0.1, -0.05) is 0 Å². The Morgan fingerprint density at radius 2 is 2.07 bits per heavy atom. The van der Waals surface area contributed by atoms with E-state index in [2.05, 4.69) is 15.4 Å². The molecule has 0 saturated carbocycles. The first-order chi connectivity index (χ1) is 12.5. The summed E-state index contributed by atoms with van der Waals surface area (Å²) < 4.78 is 14.8. The Morgan fingerprint density at radius 3 is 2.74 bits per heavy atom. The van der Waals surface area contributed by atoms with E-state index in [1.165, 1.54) is 23.5 Å². The van der Waals surface area contributed by atoms with Crippen LogP contribution in [0.2, 0.25) is 0 Å². The largest absolute Gasteiger partial charge is 0.344 e. The van der Waals surface area contributed by atoms with E-state index in [9.17, 15) is 9.18 Å². The van der Waals surface area contributed by atoms with Crippen LogP contribution in [0.3, 0.4) is 0 Å². The lowest BCUT2D eigenvalue weighted by molar-refractivity contribution is 0.0935. The van der Waals surface area contributed by atoms with E-state index in [1.807, 2.05) is 13.8 Å². The van der Waals surface area contributed by atoms with Crippen LogP contribution >= 0.6 is 23.7 Å². The second kappa shape index (κ2) is 9.07. The lowest BCUT2D eigenvalue weighted by atomic mass is 10.1. The number of thiazole rings is 1. The summed E-state index contributed by atoms with van der Waals surface area (Å²) in [5.74, 6) is -0.525. The maximum absolute atomic E-state index is 13.1.